The number of hydrogen-bond donors (Lipinski definition) is 3. The van der Waals surface area contributed by atoms with Crippen molar-refractivity contribution in [2.75, 3.05) is 14.1 Å². The maximum absolute atomic E-state index is 6.65. The Hall–Kier alpha value is -0.0400. The quantitative estimate of drug-likeness (QED) is 0.248. The number of hydrazine groups is 1. The highest BCUT2D eigenvalue weighted by Crippen LogP contribution is 1.56. The number of halogens is 1. The Morgan fingerprint density at radius 1 is 1.62 bits per heavy atom. The summed E-state index contributed by atoms with van der Waals surface area (Å²) in [4.78, 5) is 0. The van der Waals surface area contributed by atoms with Gasteiger partial charge in [0.2, 0.25) is 5.96 Å². The zero-order chi connectivity index (χ0) is 5.86. The highest BCUT2D eigenvalue weighted by molar-refractivity contribution is 14.0. The molecule has 4 nitrogen and oxygen atoms in total. The molecule has 0 saturated heterocycles. The first kappa shape index (κ1) is 10.9. The second-order valence-electron chi connectivity index (χ2n) is 1.42. The lowest BCUT2D eigenvalue weighted by atomic mass is 11.0. The maximum Gasteiger partial charge on any atom is 0.200 e. The van der Waals surface area contributed by atoms with Crippen molar-refractivity contribution in [1.82, 2.24) is 10.4 Å². The molecule has 0 fully saturated rings. The second-order valence-corrected chi connectivity index (χ2v) is 1.42. The molecule has 0 bridgehead atoms. The molecule has 8 heavy (non-hydrogen) atoms. The lowest BCUT2D eigenvalue weighted by Gasteiger charge is -2.09. The lowest BCUT2D eigenvalue weighted by molar-refractivity contribution is 0.359. The average molecular weight is 230 g/mol. The van der Waals surface area contributed by atoms with Gasteiger partial charge in [0.1, 0.15) is 0 Å². The van der Waals surface area contributed by atoms with Crippen molar-refractivity contribution in [1.29, 1.82) is 5.41 Å². The minimum absolute atomic E-state index is 0. The molecular formula is C3H11IN4. The van der Waals surface area contributed by atoms with E-state index in [1.807, 2.05) is 0 Å². The van der Waals surface area contributed by atoms with Crippen molar-refractivity contribution in [3.8, 4) is 0 Å². The third-order valence-corrected chi connectivity index (χ3v) is 0.344. The smallest absolute Gasteiger partial charge is 0.200 e. The van der Waals surface area contributed by atoms with Crippen LogP contribution in [0.1, 0.15) is 0 Å². The molecule has 0 aliphatic rings. The third-order valence-electron chi connectivity index (χ3n) is 0.344. The van der Waals surface area contributed by atoms with Gasteiger partial charge in [-0.15, -0.1) is 24.0 Å². The summed E-state index contributed by atoms with van der Waals surface area (Å²) in [5, 5.41) is 8.25. The van der Waals surface area contributed by atoms with Crippen LogP contribution >= 0.6 is 24.0 Å². The van der Waals surface area contributed by atoms with E-state index in [1.165, 1.54) is 0 Å². The third kappa shape index (κ3) is 9.35. The monoisotopic (exact) mass is 230 g/mol. The number of nitrogens with two attached hydrogens (primary N) is 1. The van der Waals surface area contributed by atoms with E-state index in [0.29, 0.717) is 0 Å². The Morgan fingerprint density at radius 2 is 2.00 bits per heavy atom. The molecule has 5 heteroatoms. The highest BCUT2D eigenvalue weighted by Gasteiger charge is 1.83. The van der Waals surface area contributed by atoms with Crippen LogP contribution in [0.3, 0.4) is 0 Å². The number of guanidine groups is 1. The highest BCUT2D eigenvalue weighted by atomic mass is 127. The molecule has 0 aliphatic carbocycles. The van der Waals surface area contributed by atoms with Crippen molar-refractivity contribution in [3.05, 3.63) is 0 Å². The predicted molar refractivity (Wildman–Crippen MR) is 44.2 cm³/mol. The summed E-state index contributed by atoms with van der Waals surface area (Å²) in [5.41, 5.74) is 7.42. The van der Waals surface area contributed by atoms with Crippen LogP contribution in [-0.4, -0.2) is 25.1 Å². The summed E-state index contributed by atoms with van der Waals surface area (Å²) >= 11 is 0. The zero-order valence-electron chi connectivity index (χ0n) is 4.93. The Bertz CT molecular complexity index is 71.7. The summed E-state index contributed by atoms with van der Waals surface area (Å²) in [6, 6.07) is 0. The number of rotatable bonds is 1. The lowest BCUT2D eigenvalue weighted by Crippen LogP contribution is -2.40. The molecule has 0 aromatic rings. The Labute approximate surface area is 65.9 Å². The summed E-state index contributed by atoms with van der Waals surface area (Å²) in [5.74, 6) is -0.0370. The molecule has 50 valence electrons. The fourth-order valence-corrected chi connectivity index (χ4v) is 0.241. The molecule has 0 rings (SSSR count). The second kappa shape index (κ2) is 5.10. The number of nitrogens with one attached hydrogen (secondary N) is 2. The molecule has 4 N–H and O–H groups in total. The van der Waals surface area contributed by atoms with Crippen LogP contribution in [0.5, 0.6) is 0 Å². The van der Waals surface area contributed by atoms with Crippen molar-refractivity contribution in [2.24, 2.45) is 5.73 Å². The first-order valence-electron chi connectivity index (χ1n) is 1.91. The van der Waals surface area contributed by atoms with Crippen LogP contribution in [0.2, 0.25) is 0 Å². The molecule has 0 unspecified atom stereocenters. The molecule has 0 spiro atoms. The number of hydrogen-bond acceptors (Lipinski definition) is 2. The summed E-state index contributed by atoms with van der Waals surface area (Å²) in [7, 11) is 3.53. The topological polar surface area (TPSA) is 65.1 Å². The van der Waals surface area contributed by atoms with Gasteiger partial charge >= 0.3 is 0 Å². The van der Waals surface area contributed by atoms with Crippen molar-refractivity contribution < 1.29 is 0 Å². The molecule has 0 atom stereocenters. The van der Waals surface area contributed by atoms with E-state index in [2.05, 4.69) is 5.43 Å². The van der Waals surface area contributed by atoms with E-state index in [0.717, 1.165) is 0 Å². The van der Waals surface area contributed by atoms with Crippen LogP contribution in [0, 0.1) is 5.41 Å². The molecule has 0 radical (unpaired) electrons. The van der Waals surface area contributed by atoms with Crippen LogP contribution < -0.4 is 11.2 Å². The molecule has 0 saturated carbocycles. The van der Waals surface area contributed by atoms with E-state index in [9.17, 15) is 0 Å². The molecule has 0 aromatic carbocycles. The average Bonchev–Trinajstić information content (AvgIpc) is 1.27. The van der Waals surface area contributed by atoms with Gasteiger partial charge in [-0.2, -0.15) is 0 Å². The van der Waals surface area contributed by atoms with Crippen LogP contribution in [-0.2, 0) is 0 Å². The molecule has 0 aromatic heterocycles. The minimum atomic E-state index is -0.0370. The summed E-state index contributed by atoms with van der Waals surface area (Å²) < 4.78 is 0. The van der Waals surface area contributed by atoms with E-state index < -0.39 is 0 Å². The van der Waals surface area contributed by atoms with Crippen molar-refractivity contribution >= 4 is 29.9 Å². The number of nitrogens with zero attached hydrogens (tertiary/aromatic N) is 1. The fourth-order valence-electron chi connectivity index (χ4n) is 0.241. The Balaban J connectivity index is 0. The van der Waals surface area contributed by atoms with E-state index in [1.54, 1.807) is 19.1 Å². The summed E-state index contributed by atoms with van der Waals surface area (Å²) in [6.07, 6.45) is 0. The zero-order valence-corrected chi connectivity index (χ0v) is 7.26. The first-order chi connectivity index (χ1) is 3.13. The van der Waals surface area contributed by atoms with E-state index >= 15 is 0 Å². The maximum atomic E-state index is 6.65. The van der Waals surface area contributed by atoms with Gasteiger partial charge in [-0.05, 0) is 0 Å². The summed E-state index contributed by atoms with van der Waals surface area (Å²) in [6.45, 7) is 0. The van der Waals surface area contributed by atoms with Crippen molar-refractivity contribution in [3.63, 3.8) is 0 Å². The standard InChI is InChI=1S/C3H10N4.HI/c1-7(2)6-3(4)5;/h1-2H3,(H4,4,5,6);1H. The molecular weight excluding hydrogens is 219 g/mol. The molecule has 0 aliphatic heterocycles. The first-order valence-corrected chi connectivity index (χ1v) is 1.91. The van der Waals surface area contributed by atoms with Crippen LogP contribution in [0.25, 0.3) is 0 Å². The van der Waals surface area contributed by atoms with Gasteiger partial charge in [-0.1, -0.05) is 0 Å². The van der Waals surface area contributed by atoms with Gasteiger partial charge in [0.15, 0.2) is 0 Å². The van der Waals surface area contributed by atoms with Gasteiger partial charge < -0.3 is 5.73 Å². The van der Waals surface area contributed by atoms with Gasteiger partial charge in [0.05, 0.1) is 0 Å². The predicted octanol–water partition coefficient (Wildman–Crippen LogP) is -0.436. The minimum Gasteiger partial charge on any atom is -0.369 e. The molecule has 0 heterocycles. The van der Waals surface area contributed by atoms with E-state index in [-0.39, 0.29) is 29.9 Å². The Morgan fingerprint density at radius 3 is 2.00 bits per heavy atom. The fraction of sp³-hybridized carbons (Fsp3) is 0.667. The normalized spacial score (nSPS) is 7.88. The van der Waals surface area contributed by atoms with Gasteiger partial charge in [-0.25, -0.2) is 5.01 Å². The SMILES string of the molecule is CN(C)NC(=N)N.I. The Kier molecular flexibility index (Phi) is 6.93. The van der Waals surface area contributed by atoms with Crippen LogP contribution in [0.15, 0.2) is 0 Å². The van der Waals surface area contributed by atoms with Crippen LogP contribution in [0.4, 0.5) is 0 Å². The largest absolute Gasteiger partial charge is 0.369 e. The van der Waals surface area contributed by atoms with Crippen molar-refractivity contribution in [2.45, 2.75) is 0 Å². The van der Waals surface area contributed by atoms with Gasteiger partial charge in [0.25, 0.3) is 0 Å². The van der Waals surface area contributed by atoms with E-state index in [4.69, 9.17) is 11.1 Å². The van der Waals surface area contributed by atoms with Gasteiger partial charge in [-0.3, -0.25) is 10.8 Å². The molecule has 0 amide bonds. The van der Waals surface area contributed by atoms with Gasteiger partial charge in [0, 0.05) is 14.1 Å².